The summed E-state index contributed by atoms with van der Waals surface area (Å²) in [4.78, 5) is 10.7. The molecule has 0 heterocycles. The van der Waals surface area contributed by atoms with Crippen molar-refractivity contribution in [2.24, 2.45) is 5.73 Å². The number of primary amides is 1. The number of anilines is 1. The quantitative estimate of drug-likeness (QED) is 0.358. The van der Waals surface area contributed by atoms with Crippen molar-refractivity contribution in [3.05, 3.63) is 23.8 Å². The average molecular weight is 244 g/mol. The van der Waals surface area contributed by atoms with Crippen LogP contribution in [0.4, 0.5) is 5.69 Å². The van der Waals surface area contributed by atoms with Crippen LogP contribution in [0.15, 0.2) is 18.2 Å². The van der Waals surface area contributed by atoms with E-state index in [0.29, 0.717) is 4.35 Å². The molecule has 0 aliphatic rings. The number of hydrogen-bond donors (Lipinski definition) is 4. The van der Waals surface area contributed by atoms with Gasteiger partial charge < -0.3 is 0 Å². The summed E-state index contributed by atoms with van der Waals surface area (Å²) in [5, 5.41) is 0. The molecular formula is C7H9AsN2O3. The molecule has 0 spiro atoms. The molecule has 0 unspecified atom stereocenters. The van der Waals surface area contributed by atoms with Gasteiger partial charge in [0.15, 0.2) is 0 Å². The number of nitrogen functional groups attached to an aromatic ring is 1. The van der Waals surface area contributed by atoms with Crippen LogP contribution in [-0.2, 0) is 0 Å². The summed E-state index contributed by atoms with van der Waals surface area (Å²) < 4.78 is 18.2. The summed E-state index contributed by atoms with van der Waals surface area (Å²) in [6.45, 7) is 0. The summed E-state index contributed by atoms with van der Waals surface area (Å²) in [5.74, 6) is -0.626. The molecule has 0 saturated carbocycles. The first-order valence-corrected chi connectivity index (χ1v) is 6.01. The standard InChI is InChI=1S/C7H9AsN2O3/c9-6-3-4(8(12)13)1-2-5(6)7(10)11/h1-3,12-13H,9H2,(H2,10,11). The maximum absolute atomic E-state index is 10.7. The Labute approximate surface area is 79.9 Å². The second kappa shape index (κ2) is 3.79. The SMILES string of the molecule is NC(=O)c1ccc([As](O)O)cc1N. The summed E-state index contributed by atoms with van der Waals surface area (Å²) in [5.41, 5.74) is 10.8. The molecule has 1 aromatic rings. The maximum atomic E-state index is 10.7. The van der Waals surface area contributed by atoms with Crippen molar-refractivity contribution < 1.29 is 13.0 Å². The fraction of sp³-hybridized carbons (Fsp3) is 0. The Hall–Kier alpha value is -1.03. The van der Waals surface area contributed by atoms with Gasteiger partial charge in [-0.2, -0.15) is 0 Å². The molecule has 13 heavy (non-hydrogen) atoms. The Morgan fingerprint density at radius 2 is 2.00 bits per heavy atom. The fourth-order valence-electron chi connectivity index (χ4n) is 0.899. The van der Waals surface area contributed by atoms with E-state index < -0.39 is 21.2 Å². The molecule has 70 valence electrons. The van der Waals surface area contributed by atoms with Crippen molar-refractivity contribution in [3.63, 3.8) is 0 Å². The van der Waals surface area contributed by atoms with Crippen LogP contribution < -0.4 is 15.8 Å². The second-order valence-electron chi connectivity index (χ2n) is 2.43. The van der Waals surface area contributed by atoms with Crippen LogP contribution in [0.1, 0.15) is 10.4 Å². The zero-order chi connectivity index (χ0) is 10.0. The Morgan fingerprint density at radius 3 is 2.38 bits per heavy atom. The molecule has 0 aliphatic carbocycles. The van der Waals surface area contributed by atoms with Crippen molar-refractivity contribution in [2.45, 2.75) is 0 Å². The van der Waals surface area contributed by atoms with Crippen LogP contribution in [-0.4, -0.2) is 29.4 Å². The molecule has 0 saturated heterocycles. The van der Waals surface area contributed by atoms with Gasteiger partial charge in [0.2, 0.25) is 0 Å². The summed E-state index contributed by atoms with van der Waals surface area (Å²) in [6, 6.07) is 4.19. The van der Waals surface area contributed by atoms with Gasteiger partial charge in [-0.15, -0.1) is 0 Å². The van der Waals surface area contributed by atoms with Gasteiger partial charge in [0, 0.05) is 0 Å². The number of carbonyl (C=O) groups excluding carboxylic acids is 1. The van der Waals surface area contributed by atoms with E-state index in [0.717, 1.165) is 0 Å². The average Bonchev–Trinajstić information content (AvgIpc) is 2.03. The van der Waals surface area contributed by atoms with Crippen LogP contribution in [0.25, 0.3) is 0 Å². The number of benzene rings is 1. The van der Waals surface area contributed by atoms with Gasteiger partial charge in [-0.3, -0.25) is 0 Å². The van der Waals surface area contributed by atoms with Crippen LogP contribution >= 0.6 is 0 Å². The van der Waals surface area contributed by atoms with E-state index in [2.05, 4.69) is 0 Å². The molecule has 0 atom stereocenters. The van der Waals surface area contributed by atoms with Crippen molar-refractivity contribution in [2.75, 3.05) is 5.73 Å². The van der Waals surface area contributed by atoms with E-state index in [4.69, 9.17) is 19.7 Å². The zero-order valence-corrected chi connectivity index (χ0v) is 8.51. The van der Waals surface area contributed by atoms with Gasteiger partial charge in [-0.05, 0) is 0 Å². The van der Waals surface area contributed by atoms with Gasteiger partial charge in [-0.1, -0.05) is 0 Å². The molecular weight excluding hydrogens is 235 g/mol. The number of nitrogens with two attached hydrogens (primary N) is 2. The molecule has 6 N–H and O–H groups in total. The van der Waals surface area contributed by atoms with Crippen LogP contribution in [0.5, 0.6) is 0 Å². The predicted octanol–water partition coefficient (Wildman–Crippen LogP) is -1.95. The Balaban J connectivity index is 3.13. The normalized spacial score (nSPS) is 10.4. The molecule has 1 rings (SSSR count). The van der Waals surface area contributed by atoms with Crippen LogP contribution in [0.2, 0.25) is 0 Å². The number of amides is 1. The third-order valence-electron chi connectivity index (χ3n) is 1.53. The van der Waals surface area contributed by atoms with E-state index in [9.17, 15) is 4.79 Å². The number of carbonyl (C=O) groups is 1. The molecule has 0 aliphatic heterocycles. The van der Waals surface area contributed by atoms with Gasteiger partial charge in [0.1, 0.15) is 0 Å². The number of hydrogen-bond acceptors (Lipinski definition) is 4. The number of rotatable bonds is 2. The third-order valence-corrected chi connectivity index (χ3v) is 3.08. The molecule has 1 amide bonds. The molecule has 1 aromatic carbocycles. The Bertz CT molecular complexity index is 341. The summed E-state index contributed by atoms with van der Waals surface area (Å²) in [7, 11) is 0. The van der Waals surface area contributed by atoms with Gasteiger partial charge in [0.25, 0.3) is 0 Å². The van der Waals surface area contributed by atoms with E-state index in [-0.39, 0.29) is 11.3 Å². The summed E-state index contributed by atoms with van der Waals surface area (Å²) >= 11 is -2.90. The molecule has 5 nitrogen and oxygen atoms in total. The topological polar surface area (TPSA) is 110 Å². The fourth-order valence-corrected chi connectivity index (χ4v) is 1.87. The zero-order valence-electron chi connectivity index (χ0n) is 6.64. The summed E-state index contributed by atoms with van der Waals surface area (Å²) in [6.07, 6.45) is 0. The van der Waals surface area contributed by atoms with Gasteiger partial charge in [0.05, 0.1) is 0 Å². The van der Waals surface area contributed by atoms with Crippen LogP contribution in [0.3, 0.4) is 0 Å². The van der Waals surface area contributed by atoms with Gasteiger partial charge in [-0.25, -0.2) is 0 Å². The Morgan fingerprint density at radius 1 is 1.38 bits per heavy atom. The second-order valence-corrected chi connectivity index (χ2v) is 4.72. The Kier molecular flexibility index (Phi) is 2.93. The van der Waals surface area contributed by atoms with E-state index in [1.54, 1.807) is 0 Å². The first-order chi connectivity index (χ1) is 6.02. The van der Waals surface area contributed by atoms with Crippen molar-refractivity contribution in [1.82, 2.24) is 0 Å². The van der Waals surface area contributed by atoms with E-state index >= 15 is 0 Å². The van der Waals surface area contributed by atoms with Crippen molar-refractivity contribution >= 4 is 31.3 Å². The minimum absolute atomic E-state index is 0.174. The first kappa shape index (κ1) is 10.1. The van der Waals surface area contributed by atoms with E-state index in [1.165, 1.54) is 18.2 Å². The molecule has 0 fully saturated rings. The monoisotopic (exact) mass is 244 g/mol. The van der Waals surface area contributed by atoms with E-state index in [1.807, 2.05) is 0 Å². The van der Waals surface area contributed by atoms with Gasteiger partial charge >= 0.3 is 79.5 Å². The first-order valence-electron chi connectivity index (χ1n) is 3.39. The molecule has 6 heteroatoms. The molecule has 0 aromatic heterocycles. The predicted molar refractivity (Wildman–Crippen MR) is 49.2 cm³/mol. The third kappa shape index (κ3) is 2.21. The van der Waals surface area contributed by atoms with Crippen LogP contribution in [0, 0.1) is 0 Å². The van der Waals surface area contributed by atoms with Crippen molar-refractivity contribution in [1.29, 1.82) is 0 Å². The van der Waals surface area contributed by atoms with Crippen molar-refractivity contribution in [3.8, 4) is 0 Å². The molecule has 0 radical (unpaired) electrons. The minimum atomic E-state index is -2.90. The molecule has 0 bridgehead atoms.